The van der Waals surface area contributed by atoms with Crippen LogP contribution in [0, 0.1) is 23.2 Å². The Labute approximate surface area is 99.5 Å². The summed E-state index contributed by atoms with van der Waals surface area (Å²) in [6, 6.07) is 8.45. The quantitative estimate of drug-likeness (QED) is 0.687. The van der Waals surface area contributed by atoms with E-state index in [-0.39, 0.29) is 23.7 Å². The van der Waals surface area contributed by atoms with E-state index in [0.29, 0.717) is 11.3 Å². The second kappa shape index (κ2) is 4.02. The van der Waals surface area contributed by atoms with Gasteiger partial charge in [-0.1, -0.05) is 13.8 Å². The van der Waals surface area contributed by atoms with Crippen molar-refractivity contribution in [3.05, 3.63) is 29.8 Å². The van der Waals surface area contributed by atoms with Crippen molar-refractivity contribution in [2.45, 2.75) is 13.8 Å². The monoisotopic (exact) mass is 228 g/mol. The summed E-state index contributed by atoms with van der Waals surface area (Å²) in [5, 5.41) is 8.68. The molecule has 0 aliphatic carbocycles. The topological polar surface area (TPSA) is 61.2 Å². The molecule has 0 N–H and O–H groups in total. The van der Waals surface area contributed by atoms with Crippen LogP contribution in [0.15, 0.2) is 24.3 Å². The smallest absolute Gasteiger partial charge is 0.237 e. The van der Waals surface area contributed by atoms with Gasteiger partial charge in [-0.15, -0.1) is 0 Å². The van der Waals surface area contributed by atoms with Gasteiger partial charge in [-0.05, 0) is 24.3 Å². The Morgan fingerprint density at radius 1 is 1.06 bits per heavy atom. The SMILES string of the molecule is CC1C(=O)N(c2ccc(C#N)cc2)C(=O)C1C. The fraction of sp³-hybridized carbons (Fsp3) is 0.308. The van der Waals surface area contributed by atoms with E-state index in [1.165, 1.54) is 4.90 Å². The van der Waals surface area contributed by atoms with Crippen molar-refractivity contribution in [1.29, 1.82) is 5.26 Å². The molecule has 2 rings (SSSR count). The molecule has 1 aliphatic heterocycles. The maximum absolute atomic E-state index is 11.9. The van der Waals surface area contributed by atoms with Gasteiger partial charge in [-0.3, -0.25) is 14.5 Å². The van der Waals surface area contributed by atoms with Crippen LogP contribution < -0.4 is 4.90 Å². The molecule has 0 saturated carbocycles. The molecule has 17 heavy (non-hydrogen) atoms. The fourth-order valence-electron chi connectivity index (χ4n) is 1.88. The predicted molar refractivity (Wildman–Crippen MR) is 62.0 cm³/mol. The van der Waals surface area contributed by atoms with Gasteiger partial charge in [0.15, 0.2) is 0 Å². The number of nitriles is 1. The zero-order chi connectivity index (χ0) is 12.6. The van der Waals surface area contributed by atoms with Crippen LogP contribution >= 0.6 is 0 Å². The van der Waals surface area contributed by atoms with Crippen LogP contribution in [0.1, 0.15) is 19.4 Å². The first-order chi connectivity index (χ1) is 8.06. The van der Waals surface area contributed by atoms with Gasteiger partial charge in [0.05, 0.1) is 17.3 Å². The summed E-state index contributed by atoms with van der Waals surface area (Å²) in [6.45, 7) is 3.52. The van der Waals surface area contributed by atoms with Crippen LogP contribution in [0.4, 0.5) is 5.69 Å². The van der Waals surface area contributed by atoms with E-state index in [1.54, 1.807) is 38.1 Å². The average Bonchev–Trinajstić information content (AvgIpc) is 2.54. The van der Waals surface area contributed by atoms with Gasteiger partial charge in [-0.2, -0.15) is 5.26 Å². The minimum absolute atomic E-state index is 0.174. The van der Waals surface area contributed by atoms with Crippen LogP contribution in [0.3, 0.4) is 0 Å². The highest BCUT2D eigenvalue weighted by atomic mass is 16.2. The van der Waals surface area contributed by atoms with E-state index in [0.717, 1.165) is 0 Å². The summed E-state index contributed by atoms with van der Waals surface area (Å²) < 4.78 is 0. The lowest BCUT2D eigenvalue weighted by Gasteiger charge is -2.14. The third-order valence-corrected chi connectivity index (χ3v) is 3.22. The number of benzene rings is 1. The zero-order valence-electron chi connectivity index (χ0n) is 9.68. The normalized spacial score (nSPS) is 23.9. The molecule has 1 aromatic carbocycles. The Kier molecular flexibility index (Phi) is 2.68. The molecule has 0 aromatic heterocycles. The fourth-order valence-corrected chi connectivity index (χ4v) is 1.88. The standard InChI is InChI=1S/C13H12N2O2/c1-8-9(2)13(17)15(12(8)16)11-5-3-10(7-14)4-6-11/h3-6,8-9H,1-2H3. The summed E-state index contributed by atoms with van der Waals surface area (Å²) in [5.41, 5.74) is 1.05. The molecule has 86 valence electrons. The number of hydrogen-bond acceptors (Lipinski definition) is 3. The lowest BCUT2D eigenvalue weighted by atomic mass is 10.00. The summed E-state index contributed by atoms with van der Waals surface area (Å²) in [4.78, 5) is 25.0. The number of carbonyl (C=O) groups is 2. The lowest BCUT2D eigenvalue weighted by Crippen LogP contribution is -2.30. The first-order valence-electron chi connectivity index (χ1n) is 5.44. The van der Waals surface area contributed by atoms with Gasteiger partial charge in [0, 0.05) is 11.8 Å². The molecule has 2 atom stereocenters. The van der Waals surface area contributed by atoms with E-state index >= 15 is 0 Å². The molecule has 2 amide bonds. The lowest BCUT2D eigenvalue weighted by molar-refractivity contribution is -0.122. The first kappa shape index (κ1) is 11.3. The third-order valence-electron chi connectivity index (χ3n) is 3.22. The molecule has 1 aliphatic rings. The molecule has 1 aromatic rings. The largest absolute Gasteiger partial charge is 0.274 e. The highest BCUT2D eigenvalue weighted by Crippen LogP contribution is 2.30. The second-order valence-corrected chi connectivity index (χ2v) is 4.25. The van der Waals surface area contributed by atoms with Crippen molar-refractivity contribution in [3.8, 4) is 6.07 Å². The van der Waals surface area contributed by atoms with Crippen LogP contribution in [0.5, 0.6) is 0 Å². The predicted octanol–water partition coefficient (Wildman–Crippen LogP) is 1.70. The Bertz CT molecular complexity index is 493. The molecule has 0 spiro atoms. The van der Waals surface area contributed by atoms with E-state index in [2.05, 4.69) is 0 Å². The van der Waals surface area contributed by atoms with Crippen molar-refractivity contribution >= 4 is 17.5 Å². The van der Waals surface area contributed by atoms with E-state index in [1.807, 2.05) is 6.07 Å². The van der Waals surface area contributed by atoms with Gasteiger partial charge in [0.1, 0.15) is 0 Å². The molecule has 1 fully saturated rings. The molecule has 1 saturated heterocycles. The Hall–Kier alpha value is -2.15. The van der Waals surface area contributed by atoms with Gasteiger partial charge < -0.3 is 0 Å². The Morgan fingerprint density at radius 3 is 1.94 bits per heavy atom. The summed E-state index contributed by atoms with van der Waals surface area (Å²) in [7, 11) is 0. The first-order valence-corrected chi connectivity index (χ1v) is 5.44. The van der Waals surface area contributed by atoms with Gasteiger partial charge in [0.2, 0.25) is 11.8 Å². The Balaban J connectivity index is 2.37. The number of hydrogen-bond donors (Lipinski definition) is 0. The van der Waals surface area contributed by atoms with Crippen molar-refractivity contribution < 1.29 is 9.59 Å². The molecule has 0 bridgehead atoms. The molecule has 4 nitrogen and oxygen atoms in total. The van der Waals surface area contributed by atoms with Crippen LogP contribution in [0.2, 0.25) is 0 Å². The summed E-state index contributed by atoms with van der Waals surface area (Å²) in [6.07, 6.45) is 0. The number of carbonyl (C=O) groups excluding carboxylic acids is 2. The molecule has 4 heteroatoms. The van der Waals surface area contributed by atoms with Crippen LogP contribution in [-0.4, -0.2) is 11.8 Å². The highest BCUT2D eigenvalue weighted by Gasteiger charge is 2.42. The molecular formula is C13H12N2O2. The summed E-state index contributed by atoms with van der Waals surface area (Å²) in [5.74, 6) is -0.907. The van der Waals surface area contributed by atoms with E-state index < -0.39 is 0 Å². The summed E-state index contributed by atoms with van der Waals surface area (Å²) >= 11 is 0. The molecular weight excluding hydrogens is 216 g/mol. The molecule has 1 heterocycles. The minimum Gasteiger partial charge on any atom is -0.274 e. The van der Waals surface area contributed by atoms with Crippen molar-refractivity contribution in [3.63, 3.8) is 0 Å². The van der Waals surface area contributed by atoms with Gasteiger partial charge >= 0.3 is 0 Å². The van der Waals surface area contributed by atoms with Crippen molar-refractivity contribution in [1.82, 2.24) is 0 Å². The number of nitrogens with zero attached hydrogens (tertiary/aromatic N) is 2. The number of rotatable bonds is 1. The third kappa shape index (κ3) is 1.70. The van der Waals surface area contributed by atoms with Gasteiger partial charge in [-0.25, -0.2) is 0 Å². The second-order valence-electron chi connectivity index (χ2n) is 4.25. The maximum atomic E-state index is 11.9. The van der Waals surface area contributed by atoms with Crippen molar-refractivity contribution in [2.24, 2.45) is 11.8 Å². The number of imide groups is 1. The zero-order valence-corrected chi connectivity index (χ0v) is 9.68. The number of anilines is 1. The number of amides is 2. The average molecular weight is 228 g/mol. The van der Waals surface area contributed by atoms with E-state index in [9.17, 15) is 9.59 Å². The maximum Gasteiger partial charge on any atom is 0.237 e. The molecule has 2 unspecified atom stereocenters. The van der Waals surface area contributed by atoms with Crippen LogP contribution in [0.25, 0.3) is 0 Å². The highest BCUT2D eigenvalue weighted by molar-refractivity contribution is 6.21. The van der Waals surface area contributed by atoms with Crippen LogP contribution in [-0.2, 0) is 9.59 Å². The van der Waals surface area contributed by atoms with Crippen molar-refractivity contribution in [2.75, 3.05) is 4.90 Å². The van der Waals surface area contributed by atoms with Gasteiger partial charge in [0.25, 0.3) is 0 Å². The minimum atomic E-state index is -0.279. The van der Waals surface area contributed by atoms with E-state index in [4.69, 9.17) is 5.26 Å². The Morgan fingerprint density at radius 2 is 1.53 bits per heavy atom. The molecule has 0 radical (unpaired) electrons.